The second kappa shape index (κ2) is 6.46. The summed E-state index contributed by atoms with van der Waals surface area (Å²) in [5.41, 5.74) is 5.95. The Morgan fingerprint density at radius 3 is 2.00 bits per heavy atom. The standard InChI is InChI=1S/C27H29NO3/c1-16-12-19-20(26(4,5)11-10-25(19,2)3)13-18(16)27(15-31-27)23-9-6-17(14-28-23)24-21(29)7-8-22(24)30/h6,9-14,24H,7-8,15H2,1-5H3. The number of carbonyl (C=O) groups is 2. The second-order valence-corrected chi connectivity index (χ2v) is 10.4. The third kappa shape index (κ3) is 3.03. The fourth-order valence-electron chi connectivity index (χ4n) is 5.22. The van der Waals surface area contributed by atoms with Crippen molar-refractivity contribution < 1.29 is 14.3 Å². The van der Waals surface area contributed by atoms with Crippen molar-refractivity contribution >= 4 is 11.6 Å². The van der Waals surface area contributed by atoms with Crippen LogP contribution in [-0.4, -0.2) is 23.2 Å². The van der Waals surface area contributed by atoms with E-state index in [2.05, 4.69) is 63.9 Å². The average Bonchev–Trinajstić information content (AvgIpc) is 3.45. The molecule has 1 aromatic carbocycles. The van der Waals surface area contributed by atoms with Gasteiger partial charge in [-0.05, 0) is 40.8 Å². The molecule has 3 aliphatic rings. The lowest BCUT2D eigenvalue weighted by Crippen LogP contribution is -2.30. The van der Waals surface area contributed by atoms with Crippen molar-refractivity contribution in [3.63, 3.8) is 0 Å². The van der Waals surface area contributed by atoms with Crippen molar-refractivity contribution in [1.82, 2.24) is 4.98 Å². The van der Waals surface area contributed by atoms with Gasteiger partial charge >= 0.3 is 0 Å². The molecule has 1 aliphatic heterocycles. The van der Waals surface area contributed by atoms with Crippen molar-refractivity contribution in [3.8, 4) is 0 Å². The zero-order chi connectivity index (χ0) is 22.2. The number of carbonyl (C=O) groups excluding carboxylic acids is 2. The quantitative estimate of drug-likeness (QED) is 0.410. The number of ketones is 2. The van der Waals surface area contributed by atoms with Crippen LogP contribution in [0.3, 0.4) is 0 Å². The maximum Gasteiger partial charge on any atom is 0.158 e. The van der Waals surface area contributed by atoms with Gasteiger partial charge in [0.15, 0.2) is 5.60 Å². The Labute approximate surface area is 183 Å². The van der Waals surface area contributed by atoms with Crippen LogP contribution in [0.5, 0.6) is 0 Å². The summed E-state index contributed by atoms with van der Waals surface area (Å²) >= 11 is 0. The van der Waals surface area contributed by atoms with E-state index in [1.54, 1.807) is 6.20 Å². The highest BCUT2D eigenvalue weighted by atomic mass is 16.6. The van der Waals surface area contributed by atoms with E-state index in [9.17, 15) is 9.59 Å². The van der Waals surface area contributed by atoms with Crippen molar-refractivity contribution in [3.05, 3.63) is 76.1 Å². The van der Waals surface area contributed by atoms with Crippen molar-refractivity contribution in [1.29, 1.82) is 0 Å². The Kier molecular flexibility index (Phi) is 4.23. The molecule has 31 heavy (non-hydrogen) atoms. The summed E-state index contributed by atoms with van der Waals surface area (Å²) in [6.07, 6.45) is 6.98. The molecule has 1 saturated carbocycles. The highest BCUT2D eigenvalue weighted by Crippen LogP contribution is 2.49. The number of hydrogen-bond donors (Lipinski definition) is 0. The Balaban J connectivity index is 1.56. The molecule has 0 amide bonds. The number of aryl methyl sites for hydroxylation is 1. The van der Waals surface area contributed by atoms with Crippen LogP contribution in [0.15, 0.2) is 42.6 Å². The number of hydrogen-bond acceptors (Lipinski definition) is 4. The van der Waals surface area contributed by atoms with Crippen LogP contribution in [-0.2, 0) is 30.8 Å². The van der Waals surface area contributed by atoms with Crippen LogP contribution in [0.1, 0.15) is 80.0 Å². The first-order valence-electron chi connectivity index (χ1n) is 11.1. The van der Waals surface area contributed by atoms with Gasteiger partial charge in [0.1, 0.15) is 17.5 Å². The topological polar surface area (TPSA) is 59.6 Å². The first-order chi connectivity index (χ1) is 14.6. The largest absolute Gasteiger partial charge is 0.358 e. The number of pyridine rings is 1. The summed E-state index contributed by atoms with van der Waals surface area (Å²) in [7, 11) is 0. The molecule has 2 aliphatic carbocycles. The number of benzene rings is 1. The van der Waals surface area contributed by atoms with Gasteiger partial charge in [0.25, 0.3) is 0 Å². The molecule has 0 radical (unpaired) electrons. The van der Waals surface area contributed by atoms with Crippen molar-refractivity contribution in [2.75, 3.05) is 6.61 Å². The molecule has 0 bridgehead atoms. The van der Waals surface area contributed by atoms with E-state index in [-0.39, 0.29) is 22.4 Å². The number of rotatable bonds is 3. The summed E-state index contributed by atoms with van der Waals surface area (Å²) < 4.78 is 6.05. The predicted octanol–water partition coefficient (Wildman–Crippen LogP) is 4.80. The van der Waals surface area contributed by atoms with E-state index in [0.29, 0.717) is 25.0 Å². The monoisotopic (exact) mass is 415 g/mol. The molecule has 1 unspecified atom stereocenters. The number of allylic oxidation sites excluding steroid dienone is 2. The molecule has 2 heterocycles. The number of fused-ring (bicyclic) bond motifs is 1. The van der Waals surface area contributed by atoms with Crippen LogP contribution in [0.25, 0.3) is 0 Å². The van der Waals surface area contributed by atoms with Crippen LogP contribution in [0, 0.1) is 6.92 Å². The van der Waals surface area contributed by atoms with Gasteiger partial charge in [-0.2, -0.15) is 0 Å². The molecule has 1 saturated heterocycles. The van der Waals surface area contributed by atoms with Gasteiger partial charge < -0.3 is 4.74 Å². The Hall–Kier alpha value is -2.59. The fraction of sp³-hybridized carbons (Fsp3) is 0.444. The highest BCUT2D eigenvalue weighted by Gasteiger charge is 2.51. The molecule has 1 atom stereocenters. The van der Waals surface area contributed by atoms with Crippen molar-refractivity contribution in [2.45, 2.75) is 69.8 Å². The van der Waals surface area contributed by atoms with Gasteiger partial charge in [-0.25, -0.2) is 0 Å². The summed E-state index contributed by atoms with van der Waals surface area (Å²) in [4.78, 5) is 28.9. The summed E-state index contributed by atoms with van der Waals surface area (Å²) in [5.74, 6) is -0.640. The molecular formula is C27H29NO3. The lowest BCUT2D eigenvalue weighted by Gasteiger charge is -2.38. The van der Waals surface area contributed by atoms with Gasteiger partial charge in [0.05, 0.1) is 12.3 Å². The van der Waals surface area contributed by atoms with E-state index in [0.717, 1.165) is 11.3 Å². The number of aromatic nitrogens is 1. The van der Waals surface area contributed by atoms with E-state index < -0.39 is 11.5 Å². The lowest BCUT2D eigenvalue weighted by molar-refractivity contribution is -0.123. The molecule has 5 rings (SSSR count). The predicted molar refractivity (Wildman–Crippen MR) is 119 cm³/mol. The van der Waals surface area contributed by atoms with E-state index in [4.69, 9.17) is 4.74 Å². The molecule has 0 spiro atoms. The number of Topliss-reactive ketones (excluding diaryl/α,β-unsaturated/α-hetero) is 2. The smallest absolute Gasteiger partial charge is 0.158 e. The Morgan fingerprint density at radius 1 is 0.903 bits per heavy atom. The highest BCUT2D eigenvalue weighted by molar-refractivity contribution is 6.13. The molecule has 4 heteroatoms. The Morgan fingerprint density at radius 2 is 1.48 bits per heavy atom. The SMILES string of the molecule is Cc1cc2c(cc1C1(c3ccc(C4C(=O)CCC4=O)cn3)CO1)C(C)(C)C=CC2(C)C. The average molecular weight is 416 g/mol. The summed E-state index contributed by atoms with van der Waals surface area (Å²) in [6, 6.07) is 8.42. The summed E-state index contributed by atoms with van der Waals surface area (Å²) in [6.45, 7) is 11.7. The first kappa shape index (κ1) is 20.3. The van der Waals surface area contributed by atoms with Crippen LogP contribution in [0.4, 0.5) is 0 Å². The van der Waals surface area contributed by atoms with Crippen LogP contribution >= 0.6 is 0 Å². The Bertz CT molecular complexity index is 1120. The molecular weight excluding hydrogens is 386 g/mol. The van der Waals surface area contributed by atoms with Crippen LogP contribution < -0.4 is 0 Å². The van der Waals surface area contributed by atoms with Gasteiger partial charge in [0, 0.05) is 29.9 Å². The van der Waals surface area contributed by atoms with Gasteiger partial charge in [-0.1, -0.05) is 58.0 Å². The third-order valence-corrected chi connectivity index (χ3v) is 7.33. The van der Waals surface area contributed by atoms with E-state index >= 15 is 0 Å². The minimum atomic E-state index is -0.641. The second-order valence-electron chi connectivity index (χ2n) is 10.4. The lowest BCUT2D eigenvalue weighted by atomic mass is 9.66. The summed E-state index contributed by atoms with van der Waals surface area (Å²) in [5, 5.41) is 0. The zero-order valence-electron chi connectivity index (χ0n) is 18.9. The van der Waals surface area contributed by atoms with Gasteiger partial charge in [-0.3, -0.25) is 14.6 Å². The first-order valence-corrected chi connectivity index (χ1v) is 11.1. The number of nitrogens with zero attached hydrogens (tertiary/aromatic N) is 1. The van der Waals surface area contributed by atoms with E-state index in [1.807, 2.05) is 12.1 Å². The normalized spacial score (nSPS) is 26.2. The molecule has 2 fully saturated rings. The molecule has 2 aromatic rings. The zero-order valence-corrected chi connectivity index (χ0v) is 18.9. The van der Waals surface area contributed by atoms with Crippen LogP contribution in [0.2, 0.25) is 0 Å². The maximum atomic E-state index is 12.1. The minimum Gasteiger partial charge on any atom is -0.358 e. The van der Waals surface area contributed by atoms with Gasteiger partial charge in [-0.15, -0.1) is 0 Å². The van der Waals surface area contributed by atoms with Gasteiger partial charge in [0.2, 0.25) is 0 Å². The molecule has 4 nitrogen and oxygen atoms in total. The van der Waals surface area contributed by atoms with Crippen molar-refractivity contribution in [2.24, 2.45) is 0 Å². The third-order valence-electron chi connectivity index (χ3n) is 7.33. The molecule has 1 aromatic heterocycles. The fourth-order valence-corrected chi connectivity index (χ4v) is 5.22. The van der Waals surface area contributed by atoms with E-state index in [1.165, 1.54) is 16.7 Å². The maximum absolute atomic E-state index is 12.1. The molecule has 0 N–H and O–H groups in total. The molecule has 160 valence electrons. The number of epoxide rings is 1. The number of ether oxygens (including phenoxy) is 1. The minimum absolute atomic E-state index is 0.000340.